The molecule has 1 saturated carbocycles. The van der Waals surface area contributed by atoms with Crippen LogP contribution in [0.5, 0.6) is 5.75 Å². The SMILES string of the molecule is CC(C)c1cc(C=O)c(C2CCCC(C)(C)C2C=O)cc1O. The van der Waals surface area contributed by atoms with Crippen molar-refractivity contribution in [3.05, 3.63) is 28.8 Å². The number of carbonyl (C=O) groups excluding carboxylic acids is 2. The summed E-state index contributed by atoms with van der Waals surface area (Å²) in [5, 5.41) is 10.3. The van der Waals surface area contributed by atoms with Gasteiger partial charge in [0.15, 0.2) is 0 Å². The van der Waals surface area contributed by atoms with Crippen molar-refractivity contribution in [2.24, 2.45) is 11.3 Å². The van der Waals surface area contributed by atoms with Crippen LogP contribution in [0.4, 0.5) is 0 Å². The summed E-state index contributed by atoms with van der Waals surface area (Å²) >= 11 is 0. The first-order valence-electron chi connectivity index (χ1n) is 8.09. The van der Waals surface area contributed by atoms with Gasteiger partial charge in [-0.25, -0.2) is 0 Å². The summed E-state index contributed by atoms with van der Waals surface area (Å²) < 4.78 is 0. The molecule has 0 radical (unpaired) electrons. The molecule has 22 heavy (non-hydrogen) atoms. The average Bonchev–Trinajstić information content (AvgIpc) is 2.45. The van der Waals surface area contributed by atoms with Gasteiger partial charge in [0.2, 0.25) is 0 Å². The first kappa shape index (κ1) is 16.7. The number of carbonyl (C=O) groups is 2. The molecule has 0 aliphatic heterocycles. The number of phenolic OH excluding ortho intramolecular Hbond substituents is 1. The highest BCUT2D eigenvalue weighted by Gasteiger charge is 2.40. The van der Waals surface area contributed by atoms with E-state index in [4.69, 9.17) is 0 Å². The van der Waals surface area contributed by atoms with E-state index >= 15 is 0 Å². The van der Waals surface area contributed by atoms with Crippen molar-refractivity contribution in [1.29, 1.82) is 0 Å². The molecule has 1 aliphatic carbocycles. The van der Waals surface area contributed by atoms with Crippen LogP contribution in [-0.2, 0) is 4.79 Å². The second kappa shape index (κ2) is 6.23. The normalized spacial score (nSPS) is 24.2. The van der Waals surface area contributed by atoms with Gasteiger partial charge in [-0.05, 0) is 53.4 Å². The minimum Gasteiger partial charge on any atom is -0.508 e. The van der Waals surface area contributed by atoms with Crippen LogP contribution in [0.25, 0.3) is 0 Å². The zero-order valence-corrected chi connectivity index (χ0v) is 13.9. The van der Waals surface area contributed by atoms with Crippen molar-refractivity contribution in [2.75, 3.05) is 0 Å². The summed E-state index contributed by atoms with van der Waals surface area (Å²) in [7, 11) is 0. The lowest BCUT2D eigenvalue weighted by Crippen LogP contribution is -2.35. The third-order valence-corrected chi connectivity index (χ3v) is 5.20. The van der Waals surface area contributed by atoms with Crippen molar-refractivity contribution in [2.45, 2.75) is 58.8 Å². The number of hydrogen-bond acceptors (Lipinski definition) is 3. The van der Waals surface area contributed by atoms with Crippen LogP contribution in [0.1, 0.15) is 80.3 Å². The zero-order chi connectivity index (χ0) is 16.5. The Balaban J connectivity index is 2.53. The number of aromatic hydroxyl groups is 1. The van der Waals surface area contributed by atoms with Crippen LogP contribution in [-0.4, -0.2) is 17.7 Å². The number of rotatable bonds is 4. The number of aldehydes is 2. The molecule has 0 heterocycles. The van der Waals surface area contributed by atoms with Crippen LogP contribution in [0.15, 0.2) is 12.1 Å². The monoisotopic (exact) mass is 302 g/mol. The molecule has 120 valence electrons. The molecule has 1 N–H and O–H groups in total. The van der Waals surface area contributed by atoms with Crippen LogP contribution in [0.3, 0.4) is 0 Å². The molecule has 0 amide bonds. The van der Waals surface area contributed by atoms with E-state index in [1.54, 1.807) is 12.1 Å². The molecule has 1 aromatic carbocycles. The number of phenols is 1. The van der Waals surface area contributed by atoms with E-state index in [1.165, 1.54) is 0 Å². The summed E-state index contributed by atoms with van der Waals surface area (Å²) in [5.74, 6) is 0.263. The van der Waals surface area contributed by atoms with Gasteiger partial charge in [0.1, 0.15) is 18.3 Å². The Labute approximate surface area is 132 Å². The molecule has 0 bridgehead atoms. The molecule has 3 heteroatoms. The van der Waals surface area contributed by atoms with Gasteiger partial charge in [-0.15, -0.1) is 0 Å². The van der Waals surface area contributed by atoms with Gasteiger partial charge in [-0.2, -0.15) is 0 Å². The molecule has 0 aromatic heterocycles. The van der Waals surface area contributed by atoms with Crippen LogP contribution < -0.4 is 0 Å². The van der Waals surface area contributed by atoms with E-state index in [2.05, 4.69) is 13.8 Å². The predicted octanol–water partition coefficient (Wildman–Crippen LogP) is 4.44. The first-order valence-corrected chi connectivity index (χ1v) is 8.09. The highest BCUT2D eigenvalue weighted by atomic mass is 16.3. The van der Waals surface area contributed by atoms with Crippen LogP contribution in [0, 0.1) is 11.3 Å². The lowest BCUT2D eigenvalue weighted by Gasteiger charge is -2.41. The molecule has 2 unspecified atom stereocenters. The minimum atomic E-state index is -0.121. The summed E-state index contributed by atoms with van der Waals surface area (Å²) in [6.07, 6.45) is 4.82. The standard InChI is InChI=1S/C19H26O3/c1-12(2)15-8-13(10-20)16(9-18(15)22)14-6-5-7-19(3,4)17(14)11-21/h8-12,14,17,22H,5-7H2,1-4H3. The first-order chi connectivity index (χ1) is 10.3. The zero-order valence-electron chi connectivity index (χ0n) is 13.9. The molecule has 0 spiro atoms. The Morgan fingerprint density at radius 1 is 1.27 bits per heavy atom. The van der Waals surface area contributed by atoms with Crippen molar-refractivity contribution in [1.82, 2.24) is 0 Å². The largest absolute Gasteiger partial charge is 0.508 e. The molecule has 2 atom stereocenters. The number of benzene rings is 1. The van der Waals surface area contributed by atoms with Crippen molar-refractivity contribution >= 4 is 12.6 Å². The van der Waals surface area contributed by atoms with Gasteiger partial charge in [-0.1, -0.05) is 34.1 Å². The molecule has 1 aliphatic rings. The van der Waals surface area contributed by atoms with Gasteiger partial charge < -0.3 is 9.90 Å². The smallest absolute Gasteiger partial charge is 0.150 e. The molecular weight excluding hydrogens is 276 g/mol. The number of hydrogen-bond donors (Lipinski definition) is 1. The molecule has 0 saturated heterocycles. The fraction of sp³-hybridized carbons (Fsp3) is 0.579. The third kappa shape index (κ3) is 2.94. The Kier molecular flexibility index (Phi) is 4.74. The molecule has 1 aromatic rings. The van der Waals surface area contributed by atoms with Crippen LogP contribution >= 0.6 is 0 Å². The third-order valence-electron chi connectivity index (χ3n) is 5.20. The minimum absolute atomic E-state index is 0.00793. The molecule has 3 nitrogen and oxygen atoms in total. The van der Waals surface area contributed by atoms with Crippen LogP contribution in [0.2, 0.25) is 0 Å². The Morgan fingerprint density at radius 3 is 2.50 bits per heavy atom. The summed E-state index contributed by atoms with van der Waals surface area (Å²) in [5.41, 5.74) is 2.14. The van der Waals surface area contributed by atoms with Crippen molar-refractivity contribution in [3.63, 3.8) is 0 Å². The summed E-state index contributed by atoms with van der Waals surface area (Å²) in [6, 6.07) is 3.49. The van der Waals surface area contributed by atoms with E-state index in [1.807, 2.05) is 13.8 Å². The molecule has 2 rings (SSSR count). The van der Waals surface area contributed by atoms with E-state index in [-0.39, 0.29) is 28.9 Å². The Morgan fingerprint density at radius 2 is 1.95 bits per heavy atom. The van der Waals surface area contributed by atoms with E-state index in [0.29, 0.717) is 5.56 Å². The lowest BCUT2D eigenvalue weighted by molar-refractivity contribution is -0.116. The predicted molar refractivity (Wildman–Crippen MR) is 87.5 cm³/mol. The highest BCUT2D eigenvalue weighted by molar-refractivity contribution is 5.79. The second-order valence-electron chi connectivity index (χ2n) is 7.46. The maximum Gasteiger partial charge on any atom is 0.150 e. The highest BCUT2D eigenvalue weighted by Crippen LogP contribution is 2.48. The van der Waals surface area contributed by atoms with Gasteiger partial charge in [0.25, 0.3) is 0 Å². The van der Waals surface area contributed by atoms with Crippen molar-refractivity contribution < 1.29 is 14.7 Å². The van der Waals surface area contributed by atoms with Gasteiger partial charge in [0.05, 0.1) is 0 Å². The second-order valence-corrected chi connectivity index (χ2v) is 7.46. The van der Waals surface area contributed by atoms with Gasteiger partial charge >= 0.3 is 0 Å². The maximum atomic E-state index is 11.7. The van der Waals surface area contributed by atoms with E-state index < -0.39 is 0 Å². The fourth-order valence-electron chi connectivity index (χ4n) is 3.82. The van der Waals surface area contributed by atoms with Gasteiger partial charge in [-0.3, -0.25) is 4.79 Å². The summed E-state index contributed by atoms with van der Waals surface area (Å²) in [6.45, 7) is 8.20. The molecule has 1 fully saturated rings. The lowest BCUT2D eigenvalue weighted by atomic mass is 9.62. The quantitative estimate of drug-likeness (QED) is 0.837. The summed E-state index contributed by atoms with van der Waals surface area (Å²) in [4.78, 5) is 23.2. The topological polar surface area (TPSA) is 54.4 Å². The fourth-order valence-corrected chi connectivity index (χ4v) is 3.82. The van der Waals surface area contributed by atoms with Gasteiger partial charge in [0, 0.05) is 11.5 Å². The molecular formula is C19H26O3. The average molecular weight is 302 g/mol. The Hall–Kier alpha value is -1.64. The Bertz CT molecular complexity index is 572. The van der Waals surface area contributed by atoms with E-state index in [9.17, 15) is 14.7 Å². The maximum absolute atomic E-state index is 11.7. The van der Waals surface area contributed by atoms with E-state index in [0.717, 1.165) is 43.0 Å². The van der Waals surface area contributed by atoms with Crippen molar-refractivity contribution in [3.8, 4) is 5.75 Å².